The van der Waals surface area contributed by atoms with Gasteiger partial charge in [0, 0.05) is 22.6 Å². The lowest BCUT2D eigenvalue weighted by molar-refractivity contribution is 0.485. The Hall–Kier alpha value is -6.96. The van der Waals surface area contributed by atoms with Crippen LogP contribution >= 0.6 is 0 Å². The van der Waals surface area contributed by atoms with Gasteiger partial charge in [-0.1, -0.05) is 188 Å². The molecular formula is C54H34O. The van der Waals surface area contributed by atoms with Gasteiger partial charge in [0.2, 0.25) is 0 Å². The maximum absolute atomic E-state index is 7.40. The average molecular weight is 699 g/mol. The summed E-state index contributed by atoms with van der Waals surface area (Å²) in [6.45, 7) is 0. The Morgan fingerprint density at radius 3 is 1.65 bits per heavy atom. The fourth-order valence-corrected chi connectivity index (χ4v) is 10.2. The molecule has 1 heteroatoms. The van der Waals surface area contributed by atoms with Gasteiger partial charge in [-0.05, 0) is 90.0 Å². The molecule has 1 nitrogen and oxygen atoms in total. The molecule has 12 rings (SSSR count). The van der Waals surface area contributed by atoms with E-state index in [1.807, 2.05) is 0 Å². The SMILES string of the molecule is c1ccc(-c2ccc3c(c2)-c2ccccc2C3c2ccc3c(c2)-c2ccccc2C32c3ccccc3-c3c2oc(-c2ccccc2)c3-c2ccccc2)cc1. The zero-order chi connectivity index (χ0) is 36.1. The van der Waals surface area contributed by atoms with Crippen LogP contribution < -0.4 is 0 Å². The normalized spacial score (nSPS) is 16.6. The summed E-state index contributed by atoms with van der Waals surface area (Å²) in [6, 6.07) is 73.5. The number of furan rings is 1. The third-order valence-corrected chi connectivity index (χ3v) is 12.4. The maximum Gasteiger partial charge on any atom is 0.142 e. The second-order valence-corrected chi connectivity index (χ2v) is 15.1. The molecule has 3 aliphatic carbocycles. The molecule has 8 aromatic carbocycles. The van der Waals surface area contributed by atoms with Crippen LogP contribution in [0.3, 0.4) is 0 Å². The lowest BCUT2D eigenvalue weighted by Gasteiger charge is -2.28. The standard InChI is InChI=1S/C54H34O/c1-4-16-34(17-5-1)37-28-30-42-44(32-37)39-22-10-11-24-41(39)49(42)38-29-31-48-45(33-38)40-23-12-14-26-46(40)54(48)47-27-15-13-25-43(47)51-50(35-18-6-2-7-19-35)52(55-53(51)54)36-20-8-3-9-21-36/h1-33,49H. The number of hydrogen-bond donors (Lipinski definition) is 0. The molecule has 0 radical (unpaired) electrons. The molecule has 55 heavy (non-hydrogen) atoms. The Kier molecular flexibility index (Phi) is 6.39. The molecule has 2 atom stereocenters. The van der Waals surface area contributed by atoms with E-state index in [-0.39, 0.29) is 5.92 Å². The van der Waals surface area contributed by atoms with Crippen LogP contribution in [0.1, 0.15) is 45.1 Å². The van der Waals surface area contributed by atoms with Crippen LogP contribution in [0.15, 0.2) is 205 Å². The van der Waals surface area contributed by atoms with Gasteiger partial charge in [0.05, 0.1) is 0 Å². The molecule has 0 bridgehead atoms. The fourth-order valence-electron chi connectivity index (χ4n) is 10.2. The van der Waals surface area contributed by atoms with Crippen molar-refractivity contribution < 1.29 is 4.42 Å². The summed E-state index contributed by atoms with van der Waals surface area (Å²) < 4.78 is 7.40. The van der Waals surface area contributed by atoms with E-state index >= 15 is 0 Å². The molecule has 3 aliphatic rings. The summed E-state index contributed by atoms with van der Waals surface area (Å²) in [6.07, 6.45) is 0. The topological polar surface area (TPSA) is 13.1 Å². The molecule has 9 aromatic rings. The molecule has 256 valence electrons. The summed E-state index contributed by atoms with van der Waals surface area (Å²) in [7, 11) is 0. The van der Waals surface area contributed by atoms with Gasteiger partial charge in [-0.25, -0.2) is 0 Å². The first-order valence-electron chi connectivity index (χ1n) is 19.2. The van der Waals surface area contributed by atoms with Crippen molar-refractivity contribution in [3.05, 3.63) is 239 Å². The summed E-state index contributed by atoms with van der Waals surface area (Å²) in [5, 5.41) is 0. The Bertz CT molecular complexity index is 2970. The highest BCUT2D eigenvalue weighted by molar-refractivity contribution is 6.03. The first-order chi connectivity index (χ1) is 27.3. The summed E-state index contributed by atoms with van der Waals surface area (Å²) >= 11 is 0. The van der Waals surface area contributed by atoms with Crippen LogP contribution in [0.4, 0.5) is 0 Å². The minimum absolute atomic E-state index is 0.134. The lowest BCUT2D eigenvalue weighted by Crippen LogP contribution is -2.25. The first-order valence-corrected chi connectivity index (χ1v) is 19.2. The van der Waals surface area contributed by atoms with Crippen LogP contribution in [0.5, 0.6) is 0 Å². The molecular weight excluding hydrogens is 665 g/mol. The molecule has 0 saturated carbocycles. The van der Waals surface area contributed by atoms with Crippen LogP contribution in [-0.2, 0) is 5.41 Å². The summed E-state index contributed by atoms with van der Waals surface area (Å²) in [5.41, 5.74) is 20.8. The second-order valence-electron chi connectivity index (χ2n) is 15.1. The second kappa shape index (κ2) is 11.5. The van der Waals surface area contributed by atoms with Crippen LogP contribution in [0, 0.1) is 0 Å². The fraction of sp³-hybridized carbons (Fsp3) is 0.0370. The average Bonchev–Trinajstić information content (AvgIpc) is 3.98. The molecule has 2 unspecified atom stereocenters. The van der Waals surface area contributed by atoms with E-state index in [0.717, 1.165) is 28.2 Å². The van der Waals surface area contributed by atoms with Crippen molar-refractivity contribution in [3.8, 4) is 67.0 Å². The summed E-state index contributed by atoms with van der Waals surface area (Å²) in [5.74, 6) is 2.06. The number of fused-ring (bicyclic) bond motifs is 13. The molecule has 0 N–H and O–H groups in total. The van der Waals surface area contributed by atoms with Gasteiger partial charge in [0.25, 0.3) is 0 Å². The highest BCUT2D eigenvalue weighted by Gasteiger charge is 2.55. The zero-order valence-electron chi connectivity index (χ0n) is 30.0. The molecule has 0 aliphatic heterocycles. The number of benzene rings is 8. The highest BCUT2D eigenvalue weighted by Crippen LogP contribution is 2.66. The quantitative estimate of drug-likeness (QED) is 0.178. The molecule has 1 spiro atoms. The van der Waals surface area contributed by atoms with Gasteiger partial charge in [0.1, 0.15) is 16.9 Å². The first kappa shape index (κ1) is 30.5. The monoisotopic (exact) mass is 698 g/mol. The number of rotatable bonds is 4. The van der Waals surface area contributed by atoms with E-state index in [2.05, 4.69) is 200 Å². The van der Waals surface area contributed by atoms with Crippen LogP contribution in [-0.4, -0.2) is 0 Å². The minimum Gasteiger partial charge on any atom is -0.458 e. The van der Waals surface area contributed by atoms with Crippen molar-refractivity contribution in [2.75, 3.05) is 0 Å². The molecule has 0 fully saturated rings. The molecule has 0 amide bonds. The van der Waals surface area contributed by atoms with E-state index < -0.39 is 5.41 Å². The molecule has 1 aromatic heterocycles. The van der Waals surface area contributed by atoms with Crippen LogP contribution in [0.25, 0.3) is 67.0 Å². The van der Waals surface area contributed by atoms with Gasteiger partial charge in [-0.3, -0.25) is 0 Å². The third kappa shape index (κ3) is 4.13. The Balaban J connectivity index is 1.10. The zero-order valence-corrected chi connectivity index (χ0v) is 30.0. The van der Waals surface area contributed by atoms with Crippen molar-refractivity contribution in [2.45, 2.75) is 11.3 Å². The van der Waals surface area contributed by atoms with Crippen molar-refractivity contribution in [2.24, 2.45) is 0 Å². The van der Waals surface area contributed by atoms with E-state index in [0.29, 0.717) is 0 Å². The number of hydrogen-bond acceptors (Lipinski definition) is 1. The van der Waals surface area contributed by atoms with Gasteiger partial charge in [-0.2, -0.15) is 0 Å². The maximum atomic E-state index is 7.40. The largest absolute Gasteiger partial charge is 0.458 e. The van der Waals surface area contributed by atoms with Crippen molar-refractivity contribution in [1.29, 1.82) is 0 Å². The van der Waals surface area contributed by atoms with Gasteiger partial charge >= 0.3 is 0 Å². The van der Waals surface area contributed by atoms with Crippen molar-refractivity contribution >= 4 is 0 Å². The smallest absolute Gasteiger partial charge is 0.142 e. The van der Waals surface area contributed by atoms with Gasteiger partial charge in [-0.15, -0.1) is 0 Å². The van der Waals surface area contributed by atoms with E-state index in [1.165, 1.54) is 77.9 Å². The lowest BCUT2D eigenvalue weighted by atomic mass is 9.73. The Labute approximate surface area is 320 Å². The van der Waals surface area contributed by atoms with E-state index in [1.54, 1.807) is 0 Å². The van der Waals surface area contributed by atoms with Gasteiger partial charge in [0.15, 0.2) is 0 Å². The highest BCUT2D eigenvalue weighted by atomic mass is 16.3. The Morgan fingerprint density at radius 2 is 0.909 bits per heavy atom. The van der Waals surface area contributed by atoms with Gasteiger partial charge < -0.3 is 4.42 Å². The predicted octanol–water partition coefficient (Wildman–Crippen LogP) is 13.8. The van der Waals surface area contributed by atoms with E-state index in [4.69, 9.17) is 4.42 Å². The predicted molar refractivity (Wildman–Crippen MR) is 224 cm³/mol. The summed E-state index contributed by atoms with van der Waals surface area (Å²) in [4.78, 5) is 0. The van der Waals surface area contributed by atoms with Crippen LogP contribution in [0.2, 0.25) is 0 Å². The van der Waals surface area contributed by atoms with Crippen molar-refractivity contribution in [3.63, 3.8) is 0 Å². The molecule has 1 heterocycles. The Morgan fingerprint density at radius 1 is 0.345 bits per heavy atom. The van der Waals surface area contributed by atoms with Crippen molar-refractivity contribution in [1.82, 2.24) is 0 Å². The minimum atomic E-state index is -0.594. The van der Waals surface area contributed by atoms with E-state index in [9.17, 15) is 0 Å². The molecule has 0 saturated heterocycles. The third-order valence-electron chi connectivity index (χ3n) is 12.4.